The van der Waals surface area contributed by atoms with E-state index in [-0.39, 0.29) is 35.5 Å². The lowest BCUT2D eigenvalue weighted by molar-refractivity contribution is -0.140. The van der Waals surface area contributed by atoms with E-state index >= 15 is 0 Å². The number of carbonyl (C=O) groups is 2. The fraction of sp³-hybridized carbons (Fsp3) is 0.389. The molecule has 118 valence electrons. The second-order valence-corrected chi connectivity index (χ2v) is 6.72. The van der Waals surface area contributed by atoms with Gasteiger partial charge in [-0.15, -0.1) is 0 Å². The first-order valence-corrected chi connectivity index (χ1v) is 7.94. The maximum Gasteiger partial charge on any atom is 0.254 e. The number of hydrogen-bond donors (Lipinski definition) is 0. The highest BCUT2D eigenvalue weighted by atomic mass is 16.2. The van der Waals surface area contributed by atoms with Crippen LogP contribution in [0.5, 0.6) is 0 Å². The van der Waals surface area contributed by atoms with Crippen molar-refractivity contribution < 1.29 is 9.59 Å². The summed E-state index contributed by atoms with van der Waals surface area (Å²) in [5.74, 6) is -0.213. The number of amides is 2. The molecule has 0 N–H and O–H groups in total. The van der Waals surface area contributed by atoms with E-state index in [0.717, 1.165) is 22.7 Å². The minimum Gasteiger partial charge on any atom is -0.378 e. The van der Waals surface area contributed by atoms with Crippen molar-refractivity contribution in [3.05, 3.63) is 42.0 Å². The van der Waals surface area contributed by atoms with Crippen LogP contribution in [0.15, 0.2) is 41.5 Å². The van der Waals surface area contributed by atoms with Crippen molar-refractivity contribution >= 4 is 23.7 Å². The van der Waals surface area contributed by atoms with E-state index in [9.17, 15) is 9.59 Å². The third-order valence-corrected chi connectivity index (χ3v) is 5.18. The Balaban J connectivity index is 1.53. The van der Waals surface area contributed by atoms with Gasteiger partial charge in [-0.2, -0.15) is 10.1 Å². The van der Waals surface area contributed by atoms with Crippen molar-refractivity contribution in [2.75, 3.05) is 19.0 Å². The zero-order chi connectivity index (χ0) is 16.1. The van der Waals surface area contributed by atoms with Gasteiger partial charge in [0.05, 0.1) is 18.1 Å². The average Bonchev–Trinajstić information content (AvgIpc) is 3.21. The molecule has 0 spiro atoms. The molecule has 2 amide bonds. The van der Waals surface area contributed by atoms with Crippen molar-refractivity contribution in [3.63, 3.8) is 0 Å². The van der Waals surface area contributed by atoms with E-state index in [2.05, 4.69) is 17.3 Å². The molecule has 1 aliphatic heterocycles. The first-order chi connectivity index (χ1) is 11.1. The van der Waals surface area contributed by atoms with Gasteiger partial charge in [0, 0.05) is 19.8 Å². The van der Waals surface area contributed by atoms with Crippen molar-refractivity contribution in [2.24, 2.45) is 28.8 Å². The molecule has 1 aromatic rings. The van der Waals surface area contributed by atoms with E-state index < -0.39 is 0 Å². The van der Waals surface area contributed by atoms with E-state index in [0.29, 0.717) is 0 Å². The van der Waals surface area contributed by atoms with Crippen molar-refractivity contribution in [1.29, 1.82) is 0 Å². The zero-order valence-corrected chi connectivity index (χ0v) is 13.2. The minimum absolute atomic E-state index is 0.141. The summed E-state index contributed by atoms with van der Waals surface area (Å²) < 4.78 is 0. The molecule has 1 saturated heterocycles. The normalized spacial score (nSPS) is 31.5. The van der Waals surface area contributed by atoms with Crippen LogP contribution in [-0.2, 0) is 9.59 Å². The van der Waals surface area contributed by atoms with Gasteiger partial charge in [0.25, 0.3) is 11.8 Å². The van der Waals surface area contributed by atoms with Crippen LogP contribution in [0.3, 0.4) is 0 Å². The molecule has 2 bridgehead atoms. The van der Waals surface area contributed by atoms with E-state index in [1.807, 2.05) is 43.3 Å². The van der Waals surface area contributed by atoms with Gasteiger partial charge >= 0.3 is 0 Å². The van der Waals surface area contributed by atoms with Crippen molar-refractivity contribution in [3.8, 4) is 0 Å². The molecule has 0 aromatic heterocycles. The van der Waals surface area contributed by atoms with E-state index in [4.69, 9.17) is 0 Å². The number of nitrogens with zero attached hydrogens (tertiary/aromatic N) is 3. The lowest BCUT2D eigenvalue weighted by Gasteiger charge is -2.13. The summed E-state index contributed by atoms with van der Waals surface area (Å²) >= 11 is 0. The Morgan fingerprint density at radius 2 is 1.61 bits per heavy atom. The molecular weight excluding hydrogens is 290 g/mol. The molecule has 5 heteroatoms. The molecule has 0 radical (unpaired) electrons. The van der Waals surface area contributed by atoms with Crippen LogP contribution in [0.1, 0.15) is 12.0 Å². The van der Waals surface area contributed by atoms with E-state index in [1.165, 1.54) is 0 Å². The number of carbonyl (C=O) groups excluding carboxylic acids is 2. The molecule has 4 atom stereocenters. The number of rotatable bonds is 3. The van der Waals surface area contributed by atoms with Gasteiger partial charge in [-0.05, 0) is 36.0 Å². The first-order valence-electron chi connectivity index (χ1n) is 7.94. The van der Waals surface area contributed by atoms with Crippen LogP contribution in [0.2, 0.25) is 0 Å². The summed E-state index contributed by atoms with van der Waals surface area (Å²) in [5.41, 5.74) is 1.96. The summed E-state index contributed by atoms with van der Waals surface area (Å²) in [6.45, 7) is 0. The quantitative estimate of drug-likeness (QED) is 0.487. The van der Waals surface area contributed by atoms with Gasteiger partial charge in [-0.3, -0.25) is 9.59 Å². The van der Waals surface area contributed by atoms with Gasteiger partial charge in [-0.1, -0.05) is 24.3 Å². The van der Waals surface area contributed by atoms with Gasteiger partial charge in [0.1, 0.15) is 0 Å². The highest BCUT2D eigenvalue weighted by Gasteiger charge is 2.59. The second kappa shape index (κ2) is 5.05. The van der Waals surface area contributed by atoms with Crippen LogP contribution in [-0.4, -0.2) is 37.1 Å². The van der Waals surface area contributed by atoms with Gasteiger partial charge < -0.3 is 4.90 Å². The van der Waals surface area contributed by atoms with Crippen LogP contribution in [0.25, 0.3) is 0 Å². The lowest BCUT2D eigenvalue weighted by atomic mass is 9.85. The Morgan fingerprint density at radius 1 is 1.04 bits per heavy atom. The van der Waals surface area contributed by atoms with Crippen LogP contribution in [0, 0.1) is 23.7 Å². The first kappa shape index (κ1) is 14.2. The average molecular weight is 309 g/mol. The minimum atomic E-state index is -0.189. The summed E-state index contributed by atoms with van der Waals surface area (Å²) in [7, 11) is 3.96. The summed E-state index contributed by atoms with van der Waals surface area (Å²) in [6, 6.07) is 7.81. The molecule has 1 saturated carbocycles. The van der Waals surface area contributed by atoms with Crippen molar-refractivity contribution in [2.45, 2.75) is 6.42 Å². The molecule has 2 fully saturated rings. The Bertz CT molecular complexity index is 690. The summed E-state index contributed by atoms with van der Waals surface area (Å²) in [5, 5.41) is 5.26. The predicted molar refractivity (Wildman–Crippen MR) is 87.9 cm³/mol. The molecule has 1 heterocycles. The Labute approximate surface area is 135 Å². The third-order valence-electron chi connectivity index (χ3n) is 5.18. The summed E-state index contributed by atoms with van der Waals surface area (Å²) in [6.07, 6.45) is 6.70. The maximum atomic E-state index is 12.5. The summed E-state index contributed by atoms with van der Waals surface area (Å²) in [4.78, 5) is 27.0. The topological polar surface area (TPSA) is 53.0 Å². The largest absolute Gasteiger partial charge is 0.378 e. The number of hydrogen-bond acceptors (Lipinski definition) is 4. The number of hydrazone groups is 1. The van der Waals surface area contributed by atoms with Gasteiger partial charge in [0.2, 0.25) is 0 Å². The number of anilines is 1. The highest BCUT2D eigenvalue weighted by molar-refractivity contribution is 6.06. The molecule has 1 aromatic carbocycles. The second-order valence-electron chi connectivity index (χ2n) is 6.72. The SMILES string of the molecule is CN(C)c1ccc(/C=N\N2C(=O)[C@@H]3[C@H](C2=O)[C@H]2C=C[C@H]3C2)cc1. The molecule has 3 aliphatic rings. The van der Waals surface area contributed by atoms with Gasteiger partial charge in [-0.25, -0.2) is 0 Å². The van der Waals surface area contributed by atoms with Gasteiger partial charge in [0.15, 0.2) is 0 Å². The molecular formula is C18H19N3O2. The number of benzene rings is 1. The zero-order valence-electron chi connectivity index (χ0n) is 13.2. The molecule has 0 unspecified atom stereocenters. The fourth-order valence-electron chi connectivity index (χ4n) is 3.98. The molecule has 23 heavy (non-hydrogen) atoms. The van der Waals surface area contributed by atoms with E-state index in [1.54, 1.807) is 6.21 Å². The molecule has 5 nitrogen and oxygen atoms in total. The Hall–Kier alpha value is -2.43. The maximum absolute atomic E-state index is 12.5. The predicted octanol–water partition coefficient (Wildman–Crippen LogP) is 1.89. The van der Waals surface area contributed by atoms with Crippen molar-refractivity contribution in [1.82, 2.24) is 5.01 Å². The number of imide groups is 1. The highest BCUT2D eigenvalue weighted by Crippen LogP contribution is 2.52. The Kier molecular flexibility index (Phi) is 3.11. The lowest BCUT2D eigenvalue weighted by Crippen LogP contribution is -2.28. The monoisotopic (exact) mass is 309 g/mol. The van der Waals surface area contributed by atoms with Crippen LogP contribution >= 0.6 is 0 Å². The third kappa shape index (κ3) is 2.11. The molecule has 4 rings (SSSR count). The fourth-order valence-corrected chi connectivity index (χ4v) is 3.98. The van der Waals surface area contributed by atoms with Crippen LogP contribution in [0.4, 0.5) is 5.69 Å². The van der Waals surface area contributed by atoms with Crippen LogP contribution < -0.4 is 4.90 Å². The number of allylic oxidation sites excluding steroid dienone is 2. The Morgan fingerprint density at radius 3 is 2.13 bits per heavy atom. The smallest absolute Gasteiger partial charge is 0.254 e. The molecule has 2 aliphatic carbocycles. The number of fused-ring (bicyclic) bond motifs is 5. The standard InChI is InChI=1S/C18H19N3O2/c1-20(2)14-7-3-11(4-8-14)10-19-21-17(22)15-12-5-6-13(9-12)16(15)18(21)23/h3-8,10,12-13,15-16H,9H2,1-2H3/b19-10-/t12-,13-,15-,16+/m0/s1.